The highest BCUT2D eigenvalue weighted by atomic mass is 32.1. The Morgan fingerprint density at radius 1 is 1.31 bits per heavy atom. The van der Waals surface area contributed by atoms with Crippen molar-refractivity contribution in [2.45, 2.75) is 0 Å². The lowest BCUT2D eigenvalue weighted by Gasteiger charge is -1.89. The van der Waals surface area contributed by atoms with Crippen LogP contribution in [0.4, 0.5) is 13.9 Å². The molecular weight excluding hydrogens is 196 g/mol. The van der Waals surface area contributed by atoms with E-state index < -0.39 is 11.6 Å². The molecule has 68 valence electrons. The average molecular weight is 201 g/mol. The van der Waals surface area contributed by atoms with Crippen molar-refractivity contribution in [2.24, 2.45) is 5.84 Å². The molecule has 3 nitrogen and oxygen atoms in total. The zero-order valence-electron chi connectivity index (χ0n) is 6.34. The summed E-state index contributed by atoms with van der Waals surface area (Å²) in [6, 6.07) is 2.14. The summed E-state index contributed by atoms with van der Waals surface area (Å²) in [6.07, 6.45) is 0. The minimum atomic E-state index is -0.902. The van der Waals surface area contributed by atoms with Crippen LogP contribution in [0.3, 0.4) is 0 Å². The normalized spacial score (nSPS) is 10.7. The summed E-state index contributed by atoms with van der Waals surface area (Å²) >= 11 is 1.17. The Balaban J connectivity index is 2.70. The SMILES string of the molecule is NNc1nc2cc(F)c(F)cc2s1. The predicted octanol–water partition coefficient (Wildman–Crippen LogP) is 1.86. The molecule has 6 heteroatoms. The summed E-state index contributed by atoms with van der Waals surface area (Å²) in [4.78, 5) is 3.91. The second-order valence-electron chi connectivity index (χ2n) is 2.40. The van der Waals surface area contributed by atoms with Crippen LogP contribution in [0, 0.1) is 11.6 Å². The van der Waals surface area contributed by atoms with Gasteiger partial charge in [-0.1, -0.05) is 11.3 Å². The molecule has 0 atom stereocenters. The number of aromatic nitrogens is 1. The lowest BCUT2D eigenvalue weighted by molar-refractivity contribution is 0.511. The van der Waals surface area contributed by atoms with Crippen LogP contribution in [0.5, 0.6) is 0 Å². The molecule has 3 N–H and O–H groups in total. The van der Waals surface area contributed by atoms with Gasteiger partial charge in [0.15, 0.2) is 16.8 Å². The molecule has 0 unspecified atom stereocenters. The number of anilines is 1. The quantitative estimate of drug-likeness (QED) is 0.547. The zero-order valence-corrected chi connectivity index (χ0v) is 7.16. The Labute approximate surface area is 76.2 Å². The van der Waals surface area contributed by atoms with E-state index in [1.54, 1.807) is 0 Å². The van der Waals surface area contributed by atoms with Crippen LogP contribution in [-0.4, -0.2) is 4.98 Å². The van der Waals surface area contributed by atoms with Gasteiger partial charge in [0.05, 0.1) is 10.2 Å². The van der Waals surface area contributed by atoms with Gasteiger partial charge in [-0.2, -0.15) is 0 Å². The van der Waals surface area contributed by atoms with Gasteiger partial charge in [0.1, 0.15) is 0 Å². The number of halogens is 2. The van der Waals surface area contributed by atoms with E-state index in [0.717, 1.165) is 12.1 Å². The van der Waals surface area contributed by atoms with E-state index >= 15 is 0 Å². The van der Waals surface area contributed by atoms with Crippen LogP contribution in [0.15, 0.2) is 12.1 Å². The van der Waals surface area contributed by atoms with Gasteiger partial charge in [-0.3, -0.25) is 5.43 Å². The summed E-state index contributed by atoms with van der Waals surface area (Å²) in [6.45, 7) is 0. The van der Waals surface area contributed by atoms with Crippen LogP contribution >= 0.6 is 11.3 Å². The monoisotopic (exact) mass is 201 g/mol. The maximum absolute atomic E-state index is 12.7. The summed E-state index contributed by atoms with van der Waals surface area (Å²) in [5.74, 6) is 3.32. The molecule has 0 spiro atoms. The number of hydrogen-bond donors (Lipinski definition) is 2. The highest BCUT2D eigenvalue weighted by Gasteiger charge is 2.08. The van der Waals surface area contributed by atoms with Gasteiger partial charge in [0.25, 0.3) is 0 Å². The van der Waals surface area contributed by atoms with Crippen LogP contribution in [0.25, 0.3) is 10.2 Å². The molecule has 2 aromatic rings. The van der Waals surface area contributed by atoms with E-state index in [1.807, 2.05) is 0 Å². The molecule has 1 aromatic heterocycles. The second-order valence-corrected chi connectivity index (χ2v) is 3.43. The largest absolute Gasteiger partial charge is 0.300 e. The number of hydrogen-bond acceptors (Lipinski definition) is 4. The third-order valence-electron chi connectivity index (χ3n) is 1.55. The third-order valence-corrected chi connectivity index (χ3v) is 2.50. The van der Waals surface area contributed by atoms with Crippen molar-refractivity contribution in [2.75, 3.05) is 5.43 Å². The van der Waals surface area contributed by atoms with Crippen molar-refractivity contribution in [3.63, 3.8) is 0 Å². The maximum atomic E-state index is 12.7. The predicted molar refractivity (Wildman–Crippen MR) is 47.3 cm³/mol. The molecule has 0 bridgehead atoms. The molecule has 0 aliphatic rings. The maximum Gasteiger partial charge on any atom is 0.198 e. The van der Waals surface area contributed by atoms with Gasteiger partial charge in [0, 0.05) is 6.07 Å². The average Bonchev–Trinajstić information content (AvgIpc) is 2.48. The fraction of sp³-hybridized carbons (Fsp3) is 0. The summed E-state index contributed by atoms with van der Waals surface area (Å²) in [5, 5.41) is 0.431. The molecule has 0 amide bonds. The van der Waals surface area contributed by atoms with E-state index in [4.69, 9.17) is 5.84 Å². The molecule has 13 heavy (non-hydrogen) atoms. The number of nitrogens with one attached hydrogen (secondary N) is 1. The van der Waals surface area contributed by atoms with Gasteiger partial charge in [0.2, 0.25) is 0 Å². The van der Waals surface area contributed by atoms with Crippen molar-refractivity contribution in [3.05, 3.63) is 23.8 Å². The molecule has 0 aliphatic heterocycles. The van der Waals surface area contributed by atoms with Gasteiger partial charge in [-0.25, -0.2) is 19.6 Å². The van der Waals surface area contributed by atoms with Crippen molar-refractivity contribution in [1.29, 1.82) is 0 Å². The smallest absolute Gasteiger partial charge is 0.198 e. The number of thiazole rings is 1. The third kappa shape index (κ3) is 1.34. The second kappa shape index (κ2) is 2.90. The van der Waals surface area contributed by atoms with Crippen LogP contribution < -0.4 is 11.3 Å². The summed E-state index contributed by atoms with van der Waals surface area (Å²) in [5.41, 5.74) is 2.72. The standard InChI is InChI=1S/C7H5F2N3S/c8-3-1-5-6(2-4(3)9)13-7(11-5)12-10/h1-2H,10H2,(H,11,12). The number of fused-ring (bicyclic) bond motifs is 1. The Kier molecular flexibility index (Phi) is 1.86. The Bertz CT molecular complexity index is 415. The van der Waals surface area contributed by atoms with E-state index in [9.17, 15) is 8.78 Å². The Morgan fingerprint density at radius 3 is 2.69 bits per heavy atom. The van der Waals surface area contributed by atoms with Crippen LogP contribution in [0.1, 0.15) is 0 Å². The lowest BCUT2D eigenvalue weighted by Crippen LogP contribution is -2.05. The van der Waals surface area contributed by atoms with Gasteiger partial charge >= 0.3 is 0 Å². The van der Waals surface area contributed by atoms with Gasteiger partial charge in [-0.05, 0) is 6.07 Å². The fourth-order valence-electron chi connectivity index (χ4n) is 0.985. The number of benzene rings is 1. The Morgan fingerprint density at radius 2 is 2.00 bits per heavy atom. The number of nitrogens with two attached hydrogens (primary N) is 1. The molecule has 0 saturated carbocycles. The van der Waals surface area contributed by atoms with E-state index in [0.29, 0.717) is 15.3 Å². The van der Waals surface area contributed by atoms with Gasteiger partial charge in [-0.15, -0.1) is 0 Å². The first-order chi connectivity index (χ1) is 6.20. The van der Waals surface area contributed by atoms with Crippen LogP contribution in [-0.2, 0) is 0 Å². The Hall–Kier alpha value is -1.27. The first kappa shape index (κ1) is 8.33. The van der Waals surface area contributed by atoms with Crippen molar-refractivity contribution >= 4 is 26.7 Å². The van der Waals surface area contributed by atoms with Crippen molar-refractivity contribution < 1.29 is 8.78 Å². The zero-order chi connectivity index (χ0) is 9.42. The van der Waals surface area contributed by atoms with Crippen molar-refractivity contribution in [3.8, 4) is 0 Å². The van der Waals surface area contributed by atoms with E-state index in [-0.39, 0.29) is 0 Å². The van der Waals surface area contributed by atoms with Crippen LogP contribution in [0.2, 0.25) is 0 Å². The highest BCUT2D eigenvalue weighted by molar-refractivity contribution is 7.22. The summed E-state index contributed by atoms with van der Waals surface area (Å²) < 4.78 is 26.0. The molecule has 0 fully saturated rings. The fourth-order valence-corrected chi connectivity index (χ4v) is 1.77. The first-order valence-electron chi connectivity index (χ1n) is 3.43. The molecule has 1 heterocycles. The molecular formula is C7H5F2N3S. The minimum Gasteiger partial charge on any atom is -0.300 e. The number of hydrazine groups is 1. The number of rotatable bonds is 1. The molecule has 0 aliphatic carbocycles. The topological polar surface area (TPSA) is 50.9 Å². The highest BCUT2D eigenvalue weighted by Crippen LogP contribution is 2.26. The molecule has 2 rings (SSSR count). The molecule has 1 aromatic carbocycles. The molecule has 0 saturated heterocycles. The van der Waals surface area contributed by atoms with Crippen molar-refractivity contribution in [1.82, 2.24) is 4.98 Å². The van der Waals surface area contributed by atoms with E-state index in [1.165, 1.54) is 11.3 Å². The summed E-state index contributed by atoms with van der Waals surface area (Å²) in [7, 11) is 0. The number of nitrogen functional groups attached to an aromatic ring is 1. The van der Waals surface area contributed by atoms with E-state index in [2.05, 4.69) is 10.4 Å². The number of nitrogens with zero attached hydrogens (tertiary/aromatic N) is 1. The minimum absolute atomic E-state index is 0.400. The first-order valence-corrected chi connectivity index (χ1v) is 4.24. The lowest BCUT2D eigenvalue weighted by atomic mass is 10.3. The molecule has 0 radical (unpaired) electrons. The van der Waals surface area contributed by atoms with Gasteiger partial charge < -0.3 is 0 Å².